The third kappa shape index (κ3) is 1.71. The zero-order chi connectivity index (χ0) is 11.9. The smallest absolute Gasteiger partial charge is 0.226 e. The summed E-state index contributed by atoms with van der Waals surface area (Å²) in [6.45, 7) is 6.94. The van der Waals surface area contributed by atoms with Crippen LogP contribution in [0.5, 0.6) is 0 Å². The first-order valence-corrected chi connectivity index (χ1v) is 5.94. The topological polar surface area (TPSA) is 20.3 Å². The molecule has 3 heteroatoms. The molecule has 16 heavy (non-hydrogen) atoms. The quantitative estimate of drug-likeness (QED) is 0.733. The molecule has 0 bridgehead atoms. The first-order chi connectivity index (χ1) is 7.45. The molecule has 0 spiro atoms. The fourth-order valence-corrected chi connectivity index (χ4v) is 2.45. The molecule has 0 radical (unpaired) electrons. The lowest BCUT2D eigenvalue weighted by Gasteiger charge is -2.20. The number of benzene rings is 1. The molecular weight excluding hydrogens is 222 g/mol. The summed E-state index contributed by atoms with van der Waals surface area (Å²) < 4.78 is 0. The van der Waals surface area contributed by atoms with Crippen LogP contribution in [0.3, 0.4) is 0 Å². The maximum Gasteiger partial charge on any atom is 0.226 e. The maximum atomic E-state index is 11.9. The van der Waals surface area contributed by atoms with Crippen molar-refractivity contribution in [1.82, 2.24) is 0 Å². The number of hydrogen-bond donors (Lipinski definition) is 0. The van der Waals surface area contributed by atoms with E-state index in [1.807, 2.05) is 30.0 Å². The molecule has 0 N–H and O–H groups in total. The van der Waals surface area contributed by atoms with Gasteiger partial charge >= 0.3 is 0 Å². The van der Waals surface area contributed by atoms with Crippen LogP contribution in [0.15, 0.2) is 18.2 Å². The van der Waals surface area contributed by atoms with Crippen LogP contribution in [-0.4, -0.2) is 12.5 Å². The number of carbonyl (C=O) groups excluding carboxylic acids is 1. The summed E-state index contributed by atoms with van der Waals surface area (Å²) in [4.78, 5) is 13.7. The van der Waals surface area contributed by atoms with Crippen LogP contribution in [0.1, 0.15) is 32.8 Å². The van der Waals surface area contributed by atoms with Gasteiger partial charge in [0.05, 0.1) is 0 Å². The normalized spacial score (nSPS) is 17.4. The molecule has 0 saturated heterocycles. The molecule has 1 aromatic rings. The highest BCUT2D eigenvalue weighted by molar-refractivity contribution is 6.31. The van der Waals surface area contributed by atoms with E-state index in [9.17, 15) is 4.79 Å². The van der Waals surface area contributed by atoms with Crippen molar-refractivity contribution in [2.24, 2.45) is 0 Å². The summed E-state index contributed by atoms with van der Waals surface area (Å²) in [5.74, 6) is 0.161. The van der Waals surface area contributed by atoms with Crippen LogP contribution < -0.4 is 4.90 Å². The highest BCUT2D eigenvalue weighted by Crippen LogP contribution is 2.41. The second kappa shape index (κ2) is 3.77. The Morgan fingerprint density at radius 1 is 1.50 bits per heavy atom. The van der Waals surface area contributed by atoms with Crippen molar-refractivity contribution in [2.75, 3.05) is 11.4 Å². The number of anilines is 1. The van der Waals surface area contributed by atoms with E-state index < -0.39 is 0 Å². The lowest BCUT2D eigenvalue weighted by Crippen LogP contribution is -2.33. The highest BCUT2D eigenvalue weighted by Gasteiger charge is 2.37. The van der Waals surface area contributed by atoms with Crippen molar-refractivity contribution >= 4 is 23.2 Å². The molecule has 0 saturated carbocycles. The van der Waals surface area contributed by atoms with Crippen LogP contribution >= 0.6 is 11.6 Å². The number of carbonyl (C=O) groups is 1. The molecular formula is C13H16ClNO. The summed E-state index contributed by atoms with van der Waals surface area (Å²) in [6, 6.07) is 5.81. The van der Waals surface area contributed by atoms with Gasteiger partial charge in [-0.1, -0.05) is 38.4 Å². The predicted octanol–water partition coefficient (Wildman–Crippen LogP) is 3.37. The molecule has 1 aliphatic rings. The zero-order valence-electron chi connectivity index (χ0n) is 9.88. The molecule has 1 amide bonds. The average molecular weight is 238 g/mol. The standard InChI is InChI=1S/C13H16ClNO/c1-4-12(16)15-8-13(2,3)10-6-5-9(14)7-11(10)15/h5-7H,4,8H2,1-3H3. The number of hydrogen-bond acceptors (Lipinski definition) is 1. The number of nitrogens with zero attached hydrogens (tertiary/aromatic N) is 1. The number of fused-ring (bicyclic) bond motifs is 1. The van der Waals surface area contributed by atoms with Gasteiger partial charge in [-0.2, -0.15) is 0 Å². The van der Waals surface area contributed by atoms with E-state index in [0.29, 0.717) is 11.4 Å². The minimum atomic E-state index is 0.0186. The lowest BCUT2D eigenvalue weighted by molar-refractivity contribution is -0.118. The second-order valence-corrected chi connectivity index (χ2v) is 5.32. The molecule has 0 atom stereocenters. The number of halogens is 1. The molecule has 2 nitrogen and oxygen atoms in total. The van der Waals surface area contributed by atoms with Crippen LogP contribution in [0, 0.1) is 0 Å². The Kier molecular flexibility index (Phi) is 2.70. The Bertz CT molecular complexity index is 440. The van der Waals surface area contributed by atoms with Crippen molar-refractivity contribution in [2.45, 2.75) is 32.6 Å². The van der Waals surface area contributed by atoms with E-state index in [-0.39, 0.29) is 11.3 Å². The first kappa shape index (κ1) is 11.5. The SMILES string of the molecule is CCC(=O)N1CC(C)(C)c2ccc(Cl)cc21. The van der Waals surface area contributed by atoms with Gasteiger partial charge in [0.2, 0.25) is 5.91 Å². The average Bonchev–Trinajstić information content (AvgIpc) is 2.49. The highest BCUT2D eigenvalue weighted by atomic mass is 35.5. The molecule has 0 aliphatic carbocycles. The molecule has 1 heterocycles. The van der Waals surface area contributed by atoms with Crippen molar-refractivity contribution in [1.29, 1.82) is 0 Å². The fourth-order valence-electron chi connectivity index (χ4n) is 2.28. The zero-order valence-corrected chi connectivity index (χ0v) is 10.6. The second-order valence-electron chi connectivity index (χ2n) is 4.88. The predicted molar refractivity (Wildman–Crippen MR) is 67.1 cm³/mol. The van der Waals surface area contributed by atoms with Crippen molar-refractivity contribution in [3.05, 3.63) is 28.8 Å². The minimum Gasteiger partial charge on any atom is -0.311 e. The van der Waals surface area contributed by atoms with Crippen molar-refractivity contribution < 1.29 is 4.79 Å². The summed E-state index contributed by atoms with van der Waals surface area (Å²) in [7, 11) is 0. The number of amides is 1. The van der Waals surface area contributed by atoms with E-state index in [0.717, 1.165) is 12.2 Å². The molecule has 1 aromatic carbocycles. The molecule has 1 aliphatic heterocycles. The van der Waals surface area contributed by atoms with Crippen molar-refractivity contribution in [3.8, 4) is 0 Å². The van der Waals surface area contributed by atoms with Gasteiger partial charge < -0.3 is 4.90 Å². The van der Waals surface area contributed by atoms with E-state index in [2.05, 4.69) is 13.8 Å². The Morgan fingerprint density at radius 2 is 2.19 bits per heavy atom. The molecule has 0 aromatic heterocycles. The maximum absolute atomic E-state index is 11.9. The van der Waals surface area contributed by atoms with Gasteiger partial charge in [-0.05, 0) is 17.7 Å². The van der Waals surface area contributed by atoms with Gasteiger partial charge in [-0.25, -0.2) is 0 Å². The Morgan fingerprint density at radius 3 is 2.81 bits per heavy atom. The van der Waals surface area contributed by atoms with Crippen LogP contribution in [0.2, 0.25) is 5.02 Å². The largest absolute Gasteiger partial charge is 0.311 e. The van der Waals surface area contributed by atoms with Crippen molar-refractivity contribution in [3.63, 3.8) is 0 Å². The third-order valence-corrected chi connectivity index (χ3v) is 3.37. The van der Waals surface area contributed by atoms with Gasteiger partial charge in [0, 0.05) is 29.1 Å². The molecule has 2 rings (SSSR count). The Balaban J connectivity index is 2.52. The summed E-state index contributed by atoms with van der Waals surface area (Å²) in [5.41, 5.74) is 2.20. The number of rotatable bonds is 1. The molecule has 0 fully saturated rings. The Hall–Kier alpha value is -1.02. The molecule has 0 unspecified atom stereocenters. The summed E-state index contributed by atoms with van der Waals surface area (Å²) >= 11 is 5.99. The fraction of sp³-hybridized carbons (Fsp3) is 0.462. The third-order valence-electron chi connectivity index (χ3n) is 3.14. The van der Waals surface area contributed by atoms with Crippen LogP contribution in [0.25, 0.3) is 0 Å². The van der Waals surface area contributed by atoms with E-state index in [1.54, 1.807) is 0 Å². The van der Waals surface area contributed by atoms with E-state index >= 15 is 0 Å². The lowest BCUT2D eigenvalue weighted by atomic mass is 9.87. The van der Waals surface area contributed by atoms with E-state index in [4.69, 9.17) is 11.6 Å². The van der Waals surface area contributed by atoms with Gasteiger partial charge in [0.15, 0.2) is 0 Å². The van der Waals surface area contributed by atoms with E-state index in [1.165, 1.54) is 5.56 Å². The minimum absolute atomic E-state index is 0.0186. The first-order valence-electron chi connectivity index (χ1n) is 5.56. The van der Waals surface area contributed by atoms with Gasteiger partial charge in [0.25, 0.3) is 0 Å². The monoisotopic (exact) mass is 237 g/mol. The van der Waals surface area contributed by atoms with Gasteiger partial charge in [-0.3, -0.25) is 4.79 Å². The summed E-state index contributed by atoms with van der Waals surface area (Å²) in [6.07, 6.45) is 0.530. The van der Waals surface area contributed by atoms with Crippen LogP contribution in [0.4, 0.5) is 5.69 Å². The van der Waals surface area contributed by atoms with Crippen LogP contribution in [-0.2, 0) is 10.2 Å². The van der Waals surface area contributed by atoms with Gasteiger partial charge in [0.1, 0.15) is 0 Å². The molecule has 86 valence electrons. The van der Waals surface area contributed by atoms with Gasteiger partial charge in [-0.15, -0.1) is 0 Å². The summed E-state index contributed by atoms with van der Waals surface area (Å²) in [5, 5.41) is 0.686. The Labute approximate surface area is 101 Å².